The van der Waals surface area contributed by atoms with Crippen LogP contribution in [0.15, 0.2) is 88.3 Å². The number of hydrogen-bond donors (Lipinski definition) is 0. The summed E-state index contributed by atoms with van der Waals surface area (Å²) >= 11 is 0. The van der Waals surface area contributed by atoms with Crippen LogP contribution in [0.4, 0.5) is 0 Å². The van der Waals surface area contributed by atoms with Crippen molar-refractivity contribution in [1.82, 2.24) is 0 Å². The Morgan fingerprint density at radius 1 is 0.793 bits per heavy atom. The molecule has 0 radical (unpaired) electrons. The van der Waals surface area contributed by atoms with E-state index in [1.54, 1.807) is 14.2 Å². The van der Waals surface area contributed by atoms with E-state index in [1.165, 1.54) is 0 Å². The SMILES string of the molecule is COc1ccc(-c2cc(=N[C@@H](C)c3ccccc3)c3cc(OC)ccc3o2)cc1. The summed E-state index contributed by atoms with van der Waals surface area (Å²) in [5.74, 6) is 2.33. The van der Waals surface area contributed by atoms with Crippen LogP contribution >= 0.6 is 0 Å². The second-order valence-electron chi connectivity index (χ2n) is 6.80. The van der Waals surface area contributed by atoms with Gasteiger partial charge in [0.1, 0.15) is 22.8 Å². The topological polar surface area (TPSA) is 44.0 Å². The van der Waals surface area contributed by atoms with Crippen molar-refractivity contribution in [3.63, 3.8) is 0 Å². The summed E-state index contributed by atoms with van der Waals surface area (Å²) < 4.78 is 16.9. The van der Waals surface area contributed by atoms with Crippen LogP contribution in [-0.2, 0) is 0 Å². The van der Waals surface area contributed by atoms with Gasteiger partial charge in [-0.15, -0.1) is 0 Å². The molecule has 0 saturated carbocycles. The molecule has 0 N–H and O–H groups in total. The normalized spacial score (nSPS) is 12.7. The first-order valence-corrected chi connectivity index (χ1v) is 9.53. The number of benzene rings is 3. The molecule has 4 aromatic rings. The molecule has 0 amide bonds. The molecule has 29 heavy (non-hydrogen) atoms. The third kappa shape index (κ3) is 4.02. The molecule has 1 atom stereocenters. The van der Waals surface area contributed by atoms with Crippen LogP contribution in [0.1, 0.15) is 18.5 Å². The molecule has 0 spiro atoms. The number of nitrogens with zero attached hydrogens (tertiary/aromatic N) is 1. The average molecular weight is 385 g/mol. The van der Waals surface area contributed by atoms with Crippen LogP contribution in [0.25, 0.3) is 22.3 Å². The Morgan fingerprint density at radius 2 is 1.48 bits per heavy atom. The molecule has 0 fully saturated rings. The third-order valence-electron chi connectivity index (χ3n) is 4.94. The van der Waals surface area contributed by atoms with E-state index in [0.717, 1.165) is 44.7 Å². The highest BCUT2D eigenvalue weighted by Gasteiger charge is 2.09. The quantitative estimate of drug-likeness (QED) is 0.437. The van der Waals surface area contributed by atoms with Crippen molar-refractivity contribution in [2.75, 3.05) is 14.2 Å². The van der Waals surface area contributed by atoms with Gasteiger partial charge in [0.05, 0.1) is 25.6 Å². The molecule has 1 heterocycles. The van der Waals surface area contributed by atoms with Crippen molar-refractivity contribution in [3.05, 3.63) is 89.8 Å². The highest BCUT2D eigenvalue weighted by atomic mass is 16.5. The molecule has 0 aliphatic rings. The first-order chi connectivity index (χ1) is 14.2. The van der Waals surface area contributed by atoms with Crippen LogP contribution < -0.4 is 14.8 Å². The van der Waals surface area contributed by atoms with Gasteiger partial charge in [-0.2, -0.15) is 0 Å². The Morgan fingerprint density at radius 3 is 2.17 bits per heavy atom. The number of ether oxygens (including phenoxy) is 2. The van der Waals surface area contributed by atoms with Crippen molar-refractivity contribution in [1.29, 1.82) is 0 Å². The van der Waals surface area contributed by atoms with Crippen molar-refractivity contribution in [2.24, 2.45) is 4.99 Å². The molecule has 1 aromatic heterocycles. The van der Waals surface area contributed by atoms with Crippen molar-refractivity contribution < 1.29 is 13.9 Å². The summed E-state index contributed by atoms with van der Waals surface area (Å²) in [5.41, 5.74) is 2.89. The van der Waals surface area contributed by atoms with Gasteiger partial charge in [-0.3, -0.25) is 4.99 Å². The fourth-order valence-corrected chi connectivity index (χ4v) is 3.29. The lowest BCUT2D eigenvalue weighted by Crippen LogP contribution is -2.07. The maximum atomic E-state index is 6.19. The molecular weight excluding hydrogens is 362 g/mol. The Balaban J connectivity index is 1.90. The minimum atomic E-state index is 0.0109. The van der Waals surface area contributed by atoms with E-state index in [1.807, 2.05) is 66.7 Å². The molecule has 146 valence electrons. The predicted molar refractivity (Wildman–Crippen MR) is 115 cm³/mol. The van der Waals surface area contributed by atoms with Gasteiger partial charge in [0.25, 0.3) is 0 Å². The first kappa shape index (κ1) is 18.8. The molecule has 0 saturated heterocycles. The summed E-state index contributed by atoms with van der Waals surface area (Å²) in [6, 6.07) is 25.9. The monoisotopic (exact) mass is 385 g/mol. The molecule has 0 unspecified atom stereocenters. The number of rotatable bonds is 5. The van der Waals surface area contributed by atoms with Crippen LogP contribution in [0.5, 0.6) is 11.5 Å². The zero-order chi connectivity index (χ0) is 20.2. The van der Waals surface area contributed by atoms with Gasteiger partial charge in [-0.1, -0.05) is 30.3 Å². The minimum Gasteiger partial charge on any atom is -0.497 e. The Bertz CT molecular complexity index is 1180. The van der Waals surface area contributed by atoms with Gasteiger partial charge < -0.3 is 13.9 Å². The zero-order valence-corrected chi connectivity index (χ0v) is 16.8. The second-order valence-corrected chi connectivity index (χ2v) is 6.80. The lowest BCUT2D eigenvalue weighted by atomic mass is 10.1. The van der Waals surface area contributed by atoms with E-state index in [4.69, 9.17) is 18.9 Å². The molecule has 4 heteroatoms. The Labute approximate surface area is 170 Å². The maximum Gasteiger partial charge on any atom is 0.137 e. The van der Waals surface area contributed by atoms with Gasteiger partial charge in [0.2, 0.25) is 0 Å². The van der Waals surface area contributed by atoms with Crippen molar-refractivity contribution >= 4 is 11.0 Å². The molecule has 0 bridgehead atoms. The zero-order valence-electron chi connectivity index (χ0n) is 16.8. The van der Waals surface area contributed by atoms with E-state index < -0.39 is 0 Å². The van der Waals surface area contributed by atoms with Crippen LogP contribution in [0, 0.1) is 0 Å². The number of hydrogen-bond acceptors (Lipinski definition) is 4. The lowest BCUT2D eigenvalue weighted by Gasteiger charge is -2.10. The highest BCUT2D eigenvalue weighted by Crippen LogP contribution is 2.27. The van der Waals surface area contributed by atoms with Gasteiger partial charge in [-0.25, -0.2) is 0 Å². The van der Waals surface area contributed by atoms with Gasteiger partial charge in [-0.05, 0) is 55.0 Å². The van der Waals surface area contributed by atoms with Crippen LogP contribution in [0.2, 0.25) is 0 Å². The van der Waals surface area contributed by atoms with Gasteiger partial charge in [0.15, 0.2) is 0 Å². The van der Waals surface area contributed by atoms with Crippen molar-refractivity contribution in [2.45, 2.75) is 13.0 Å². The summed E-state index contributed by atoms with van der Waals surface area (Å²) in [6.07, 6.45) is 0. The Hall–Kier alpha value is -3.53. The number of methoxy groups -OCH3 is 2. The lowest BCUT2D eigenvalue weighted by molar-refractivity contribution is 0.414. The summed E-state index contributed by atoms with van der Waals surface area (Å²) in [4.78, 5) is 5.01. The van der Waals surface area contributed by atoms with Crippen molar-refractivity contribution in [3.8, 4) is 22.8 Å². The van der Waals surface area contributed by atoms with Crippen LogP contribution in [-0.4, -0.2) is 14.2 Å². The predicted octanol–water partition coefficient (Wildman–Crippen LogP) is 5.78. The first-order valence-electron chi connectivity index (χ1n) is 9.53. The van der Waals surface area contributed by atoms with E-state index in [9.17, 15) is 0 Å². The number of fused-ring (bicyclic) bond motifs is 1. The molecule has 0 aliphatic heterocycles. The van der Waals surface area contributed by atoms with E-state index in [2.05, 4.69) is 19.1 Å². The van der Waals surface area contributed by atoms with Crippen LogP contribution in [0.3, 0.4) is 0 Å². The van der Waals surface area contributed by atoms with E-state index in [0.29, 0.717) is 0 Å². The standard InChI is InChI=1S/C25H23NO3/c1-17(18-7-5-4-6-8-18)26-23-16-25(19-9-11-20(27-2)12-10-19)29-24-14-13-21(28-3)15-22(23)24/h4-17H,1-3H3/t17-/m0/s1. The Kier molecular flexibility index (Phi) is 5.34. The second kappa shape index (κ2) is 8.23. The molecule has 4 rings (SSSR count). The molecule has 0 aliphatic carbocycles. The molecular formula is C25H23NO3. The summed E-state index contributed by atoms with van der Waals surface area (Å²) in [6.45, 7) is 2.10. The van der Waals surface area contributed by atoms with Gasteiger partial charge >= 0.3 is 0 Å². The maximum absolute atomic E-state index is 6.19. The fraction of sp³-hybridized carbons (Fsp3) is 0.160. The molecule has 4 nitrogen and oxygen atoms in total. The highest BCUT2D eigenvalue weighted by molar-refractivity contribution is 5.80. The summed E-state index contributed by atoms with van der Waals surface area (Å²) in [7, 11) is 3.32. The third-order valence-corrected chi connectivity index (χ3v) is 4.94. The average Bonchev–Trinajstić information content (AvgIpc) is 2.79. The van der Waals surface area contributed by atoms with E-state index in [-0.39, 0.29) is 6.04 Å². The van der Waals surface area contributed by atoms with E-state index >= 15 is 0 Å². The van der Waals surface area contributed by atoms with Gasteiger partial charge in [0, 0.05) is 17.0 Å². The fourth-order valence-electron chi connectivity index (χ4n) is 3.29. The minimum absolute atomic E-state index is 0.0109. The smallest absolute Gasteiger partial charge is 0.137 e. The summed E-state index contributed by atoms with van der Waals surface area (Å²) in [5, 5.41) is 1.79. The molecule has 3 aromatic carbocycles. The largest absolute Gasteiger partial charge is 0.497 e.